The summed E-state index contributed by atoms with van der Waals surface area (Å²) >= 11 is 0. The SMILES string of the molecule is CC1(C)c2cc(-c3cc(-c4cccnc4)cc(-c4cc(-c5ccc(-c6ccccc6)cc5)nc(-c5ccccc5)n4)c3)ccc2-c2cc3ccc(C#N)cc3cc21. The molecule has 0 unspecified atom stereocenters. The number of rotatable bonds is 6. The van der Waals surface area contributed by atoms with Gasteiger partial charge >= 0.3 is 0 Å². The molecule has 4 heteroatoms. The van der Waals surface area contributed by atoms with Crippen LogP contribution in [0.3, 0.4) is 0 Å². The Bertz CT molecular complexity index is 3020. The molecule has 0 aliphatic heterocycles. The summed E-state index contributed by atoms with van der Waals surface area (Å²) in [7, 11) is 0. The molecule has 0 bridgehead atoms. The normalized spacial score (nSPS) is 12.5. The Labute approximate surface area is 332 Å². The van der Waals surface area contributed by atoms with Crippen molar-refractivity contribution >= 4 is 10.8 Å². The molecule has 10 rings (SSSR count). The lowest BCUT2D eigenvalue weighted by atomic mass is 9.81. The number of benzene rings is 7. The van der Waals surface area contributed by atoms with Crippen LogP contribution in [0, 0.1) is 11.3 Å². The molecule has 2 heterocycles. The average molecular weight is 729 g/mol. The quantitative estimate of drug-likeness (QED) is 0.171. The first kappa shape index (κ1) is 34.0. The molecule has 1 aliphatic rings. The predicted octanol–water partition coefficient (Wildman–Crippen LogP) is 13.2. The molecular formula is C53H36N4. The molecule has 0 atom stereocenters. The van der Waals surface area contributed by atoms with Crippen LogP contribution in [0.15, 0.2) is 182 Å². The van der Waals surface area contributed by atoms with E-state index in [0.717, 1.165) is 66.7 Å². The number of hydrogen-bond donors (Lipinski definition) is 0. The number of nitriles is 1. The van der Waals surface area contributed by atoms with Crippen LogP contribution in [0.25, 0.3) is 89.2 Å². The van der Waals surface area contributed by atoms with E-state index >= 15 is 0 Å². The van der Waals surface area contributed by atoms with E-state index in [2.05, 4.69) is 152 Å². The third-order valence-electron chi connectivity index (χ3n) is 11.4. The molecule has 0 amide bonds. The molecule has 268 valence electrons. The second kappa shape index (κ2) is 13.7. The highest BCUT2D eigenvalue weighted by molar-refractivity contribution is 5.95. The molecule has 57 heavy (non-hydrogen) atoms. The van der Waals surface area contributed by atoms with Gasteiger partial charge in [0, 0.05) is 40.1 Å². The van der Waals surface area contributed by atoms with E-state index < -0.39 is 0 Å². The van der Waals surface area contributed by atoms with Crippen LogP contribution >= 0.6 is 0 Å². The van der Waals surface area contributed by atoms with Crippen LogP contribution in [-0.4, -0.2) is 15.0 Å². The van der Waals surface area contributed by atoms with Crippen LogP contribution in [0.2, 0.25) is 0 Å². The largest absolute Gasteiger partial charge is 0.264 e. The van der Waals surface area contributed by atoms with Crippen molar-refractivity contribution in [1.29, 1.82) is 5.26 Å². The summed E-state index contributed by atoms with van der Waals surface area (Å²) in [5.41, 5.74) is 16.9. The first-order chi connectivity index (χ1) is 27.9. The van der Waals surface area contributed by atoms with Crippen molar-refractivity contribution in [3.63, 3.8) is 0 Å². The fourth-order valence-electron chi connectivity index (χ4n) is 8.29. The zero-order chi connectivity index (χ0) is 38.5. The van der Waals surface area contributed by atoms with Crippen LogP contribution in [-0.2, 0) is 5.41 Å². The topological polar surface area (TPSA) is 62.5 Å². The molecule has 0 N–H and O–H groups in total. The Hall–Kier alpha value is -7.48. The second-order valence-electron chi connectivity index (χ2n) is 15.3. The molecular weight excluding hydrogens is 693 g/mol. The van der Waals surface area contributed by atoms with Gasteiger partial charge in [-0.25, -0.2) is 9.97 Å². The van der Waals surface area contributed by atoms with Crippen molar-refractivity contribution in [2.75, 3.05) is 0 Å². The first-order valence-electron chi connectivity index (χ1n) is 19.2. The molecule has 7 aromatic carbocycles. The lowest BCUT2D eigenvalue weighted by Crippen LogP contribution is -2.15. The molecule has 9 aromatic rings. The van der Waals surface area contributed by atoms with Gasteiger partial charge in [-0.3, -0.25) is 4.98 Å². The van der Waals surface area contributed by atoms with Gasteiger partial charge in [-0.1, -0.05) is 123 Å². The van der Waals surface area contributed by atoms with Crippen molar-refractivity contribution in [2.24, 2.45) is 0 Å². The summed E-state index contributed by atoms with van der Waals surface area (Å²) in [6.45, 7) is 4.61. The fraction of sp³-hybridized carbons (Fsp3) is 0.0566. The third kappa shape index (κ3) is 6.16. The van der Waals surface area contributed by atoms with Crippen LogP contribution in [0.4, 0.5) is 0 Å². The number of aromatic nitrogens is 3. The summed E-state index contributed by atoms with van der Waals surface area (Å²) in [6, 6.07) is 61.9. The highest BCUT2D eigenvalue weighted by atomic mass is 14.9. The number of pyridine rings is 1. The van der Waals surface area contributed by atoms with E-state index in [-0.39, 0.29) is 5.41 Å². The summed E-state index contributed by atoms with van der Waals surface area (Å²) in [4.78, 5) is 14.8. The minimum absolute atomic E-state index is 0.233. The fourth-order valence-corrected chi connectivity index (χ4v) is 8.29. The maximum atomic E-state index is 9.57. The molecule has 0 saturated carbocycles. The van der Waals surface area contributed by atoms with Gasteiger partial charge in [0.1, 0.15) is 0 Å². The maximum absolute atomic E-state index is 9.57. The van der Waals surface area contributed by atoms with Gasteiger partial charge in [0.2, 0.25) is 0 Å². The van der Waals surface area contributed by atoms with E-state index in [4.69, 9.17) is 9.97 Å². The van der Waals surface area contributed by atoms with E-state index in [9.17, 15) is 5.26 Å². The summed E-state index contributed by atoms with van der Waals surface area (Å²) < 4.78 is 0. The summed E-state index contributed by atoms with van der Waals surface area (Å²) in [5, 5.41) is 11.8. The van der Waals surface area contributed by atoms with Gasteiger partial charge in [0.05, 0.1) is 23.0 Å². The predicted molar refractivity (Wildman–Crippen MR) is 232 cm³/mol. The average Bonchev–Trinajstić information content (AvgIpc) is 3.50. The number of fused-ring (bicyclic) bond motifs is 4. The highest BCUT2D eigenvalue weighted by Gasteiger charge is 2.36. The Morgan fingerprint density at radius 2 is 1.05 bits per heavy atom. The highest BCUT2D eigenvalue weighted by Crippen LogP contribution is 2.51. The molecule has 4 nitrogen and oxygen atoms in total. The van der Waals surface area contributed by atoms with E-state index in [1.807, 2.05) is 54.9 Å². The van der Waals surface area contributed by atoms with Crippen molar-refractivity contribution in [3.8, 4) is 84.5 Å². The monoisotopic (exact) mass is 728 g/mol. The first-order valence-corrected chi connectivity index (χ1v) is 19.2. The minimum atomic E-state index is -0.233. The van der Waals surface area contributed by atoms with Gasteiger partial charge in [-0.2, -0.15) is 5.26 Å². The minimum Gasteiger partial charge on any atom is -0.264 e. The van der Waals surface area contributed by atoms with E-state index in [1.165, 1.54) is 27.8 Å². The van der Waals surface area contributed by atoms with Crippen molar-refractivity contribution < 1.29 is 0 Å². The van der Waals surface area contributed by atoms with Crippen LogP contribution in [0.5, 0.6) is 0 Å². The molecule has 0 radical (unpaired) electrons. The lowest BCUT2D eigenvalue weighted by Gasteiger charge is -2.22. The molecule has 1 aliphatic carbocycles. The zero-order valence-corrected chi connectivity index (χ0v) is 31.6. The van der Waals surface area contributed by atoms with E-state index in [0.29, 0.717) is 11.4 Å². The van der Waals surface area contributed by atoms with Gasteiger partial charge in [-0.15, -0.1) is 0 Å². The number of nitrogens with zero attached hydrogens (tertiary/aromatic N) is 4. The van der Waals surface area contributed by atoms with Crippen molar-refractivity contribution in [2.45, 2.75) is 19.3 Å². The smallest absolute Gasteiger partial charge is 0.160 e. The van der Waals surface area contributed by atoms with E-state index in [1.54, 1.807) is 0 Å². The maximum Gasteiger partial charge on any atom is 0.160 e. The van der Waals surface area contributed by atoms with Crippen molar-refractivity contribution in [1.82, 2.24) is 15.0 Å². The second-order valence-corrected chi connectivity index (χ2v) is 15.3. The van der Waals surface area contributed by atoms with Crippen molar-refractivity contribution in [3.05, 3.63) is 199 Å². The van der Waals surface area contributed by atoms with Gasteiger partial charge in [-0.05, 0) is 122 Å². The zero-order valence-electron chi connectivity index (χ0n) is 31.6. The van der Waals surface area contributed by atoms with Crippen LogP contribution < -0.4 is 0 Å². The summed E-state index contributed by atoms with van der Waals surface area (Å²) in [5.74, 6) is 0.676. The van der Waals surface area contributed by atoms with Gasteiger partial charge < -0.3 is 0 Å². The third-order valence-corrected chi connectivity index (χ3v) is 11.4. The lowest BCUT2D eigenvalue weighted by molar-refractivity contribution is 0.661. The summed E-state index contributed by atoms with van der Waals surface area (Å²) in [6.07, 6.45) is 3.73. The molecule has 0 fully saturated rings. The number of hydrogen-bond acceptors (Lipinski definition) is 4. The Morgan fingerprint density at radius 3 is 1.77 bits per heavy atom. The standard InChI is InChI=1S/C53H36N4/c1-53(2)48-29-40(21-22-46(48)47-28-39-16-15-34(32-54)24-42(39)30-49(47)53)43-25-44(41-14-9-23-55-33-41)27-45(26-43)51-31-50(56-52(57-51)38-12-7-4-8-13-38)37-19-17-36(18-20-37)35-10-5-3-6-11-35/h3-31,33H,1-2H3. The molecule has 2 aromatic heterocycles. The van der Waals surface area contributed by atoms with Gasteiger partial charge in [0.25, 0.3) is 0 Å². The van der Waals surface area contributed by atoms with Gasteiger partial charge in [0.15, 0.2) is 5.82 Å². The Balaban J connectivity index is 1.12. The van der Waals surface area contributed by atoms with Crippen LogP contribution in [0.1, 0.15) is 30.5 Å². The molecule has 0 saturated heterocycles. The molecule has 0 spiro atoms. The Morgan fingerprint density at radius 1 is 0.439 bits per heavy atom. The Kier molecular flexibility index (Phi) is 8.17.